The van der Waals surface area contributed by atoms with Crippen molar-refractivity contribution in [3.8, 4) is 0 Å². The van der Waals surface area contributed by atoms with E-state index in [-0.39, 0.29) is 24.2 Å². The van der Waals surface area contributed by atoms with Crippen molar-refractivity contribution in [3.05, 3.63) is 53.3 Å². The summed E-state index contributed by atoms with van der Waals surface area (Å²) in [6, 6.07) is 10.9. The fourth-order valence-corrected chi connectivity index (χ4v) is 2.70. The smallest absolute Gasteiger partial charge is 0.229 e. The highest BCUT2D eigenvalue weighted by Gasteiger charge is 2.35. The largest absolute Gasteiger partial charge is 0.326 e. The van der Waals surface area contributed by atoms with E-state index in [0.717, 1.165) is 10.2 Å². The molecule has 0 bridgehead atoms. The molecule has 1 aromatic carbocycles. The Kier molecular flexibility index (Phi) is 4.20. The van der Waals surface area contributed by atoms with Gasteiger partial charge in [-0.3, -0.25) is 14.6 Å². The fourth-order valence-electron chi connectivity index (χ4n) is 2.43. The Morgan fingerprint density at radius 1 is 1.18 bits per heavy atom. The van der Waals surface area contributed by atoms with Gasteiger partial charge in [0.15, 0.2) is 0 Å². The highest BCUT2D eigenvalue weighted by atomic mass is 79.9. The number of anilines is 2. The van der Waals surface area contributed by atoms with E-state index < -0.39 is 0 Å². The summed E-state index contributed by atoms with van der Waals surface area (Å²) in [5.74, 6) is -0.513. The topological polar surface area (TPSA) is 62.3 Å². The number of carbonyl (C=O) groups excluding carboxylic acids is 2. The van der Waals surface area contributed by atoms with Gasteiger partial charge in [-0.25, -0.2) is 0 Å². The molecule has 1 aliphatic heterocycles. The van der Waals surface area contributed by atoms with Crippen LogP contribution < -0.4 is 10.2 Å². The van der Waals surface area contributed by atoms with Crippen LogP contribution in [0.25, 0.3) is 0 Å². The van der Waals surface area contributed by atoms with E-state index in [1.165, 1.54) is 0 Å². The van der Waals surface area contributed by atoms with Crippen molar-refractivity contribution in [1.29, 1.82) is 0 Å². The van der Waals surface area contributed by atoms with E-state index in [4.69, 9.17) is 0 Å². The van der Waals surface area contributed by atoms with Gasteiger partial charge in [0, 0.05) is 41.2 Å². The predicted molar refractivity (Wildman–Crippen MR) is 87.5 cm³/mol. The van der Waals surface area contributed by atoms with Crippen LogP contribution in [0.15, 0.2) is 53.3 Å². The number of amides is 2. The number of hydrogen-bond acceptors (Lipinski definition) is 3. The van der Waals surface area contributed by atoms with Crippen molar-refractivity contribution in [3.63, 3.8) is 0 Å². The maximum absolute atomic E-state index is 12.3. The monoisotopic (exact) mass is 359 g/mol. The molecular weight excluding hydrogens is 346 g/mol. The second kappa shape index (κ2) is 6.27. The Hall–Kier alpha value is -2.21. The van der Waals surface area contributed by atoms with E-state index in [9.17, 15) is 9.59 Å². The summed E-state index contributed by atoms with van der Waals surface area (Å²) in [4.78, 5) is 30.0. The van der Waals surface area contributed by atoms with Gasteiger partial charge in [0.05, 0.1) is 5.92 Å². The number of nitrogens with one attached hydrogen (secondary N) is 1. The minimum Gasteiger partial charge on any atom is -0.326 e. The van der Waals surface area contributed by atoms with Crippen LogP contribution in [0.1, 0.15) is 6.42 Å². The van der Waals surface area contributed by atoms with Gasteiger partial charge in [-0.15, -0.1) is 0 Å². The molecule has 0 unspecified atom stereocenters. The fraction of sp³-hybridized carbons (Fsp3) is 0.188. The first-order valence-electron chi connectivity index (χ1n) is 6.90. The number of nitrogens with zero attached hydrogens (tertiary/aromatic N) is 2. The molecule has 2 amide bonds. The predicted octanol–water partition coefficient (Wildman–Crippen LogP) is 2.84. The molecule has 0 spiro atoms. The van der Waals surface area contributed by atoms with E-state index in [0.29, 0.717) is 12.2 Å². The van der Waals surface area contributed by atoms with Gasteiger partial charge in [0.1, 0.15) is 0 Å². The minimum atomic E-state index is -0.343. The molecular formula is C16H14BrN3O2. The molecule has 3 rings (SSSR count). The van der Waals surface area contributed by atoms with Crippen molar-refractivity contribution in [1.82, 2.24) is 4.98 Å². The minimum absolute atomic E-state index is 0.0304. The highest BCUT2D eigenvalue weighted by molar-refractivity contribution is 9.10. The second-order valence-electron chi connectivity index (χ2n) is 5.11. The lowest BCUT2D eigenvalue weighted by Crippen LogP contribution is -2.28. The van der Waals surface area contributed by atoms with Crippen LogP contribution in [0, 0.1) is 5.92 Å². The first-order chi connectivity index (χ1) is 10.6. The van der Waals surface area contributed by atoms with Gasteiger partial charge in [0.2, 0.25) is 11.8 Å². The molecule has 1 aliphatic rings. The average Bonchev–Trinajstić information content (AvgIpc) is 2.91. The molecule has 0 radical (unpaired) electrons. The van der Waals surface area contributed by atoms with Gasteiger partial charge in [0.25, 0.3) is 0 Å². The summed E-state index contributed by atoms with van der Waals surface area (Å²) in [5.41, 5.74) is 1.50. The number of carbonyl (C=O) groups is 2. The number of rotatable bonds is 3. The van der Waals surface area contributed by atoms with E-state index >= 15 is 0 Å². The van der Waals surface area contributed by atoms with E-state index in [1.807, 2.05) is 24.3 Å². The van der Waals surface area contributed by atoms with Gasteiger partial charge in [-0.2, -0.15) is 0 Å². The van der Waals surface area contributed by atoms with Crippen LogP contribution in [0.3, 0.4) is 0 Å². The maximum atomic E-state index is 12.3. The van der Waals surface area contributed by atoms with Crippen molar-refractivity contribution in [2.24, 2.45) is 5.92 Å². The summed E-state index contributed by atoms with van der Waals surface area (Å²) in [6.07, 6.45) is 3.46. The molecule has 2 aromatic rings. The van der Waals surface area contributed by atoms with Crippen molar-refractivity contribution >= 4 is 39.1 Å². The van der Waals surface area contributed by atoms with Crippen molar-refractivity contribution in [2.45, 2.75) is 6.42 Å². The third-order valence-electron chi connectivity index (χ3n) is 3.58. The zero-order valence-electron chi connectivity index (χ0n) is 11.7. The molecule has 112 valence electrons. The molecule has 1 N–H and O–H groups in total. The Morgan fingerprint density at radius 2 is 1.86 bits per heavy atom. The van der Waals surface area contributed by atoms with Gasteiger partial charge in [-0.05, 0) is 36.4 Å². The number of aromatic nitrogens is 1. The van der Waals surface area contributed by atoms with Crippen molar-refractivity contribution in [2.75, 3.05) is 16.8 Å². The lowest BCUT2D eigenvalue weighted by Gasteiger charge is -2.16. The molecule has 0 aliphatic carbocycles. The van der Waals surface area contributed by atoms with Crippen molar-refractivity contribution < 1.29 is 9.59 Å². The zero-order chi connectivity index (χ0) is 15.5. The summed E-state index contributed by atoms with van der Waals surface area (Å²) in [6.45, 7) is 0.400. The molecule has 2 heterocycles. The average molecular weight is 360 g/mol. The van der Waals surface area contributed by atoms with Crippen LogP contribution in [0.2, 0.25) is 0 Å². The number of hydrogen-bond donors (Lipinski definition) is 1. The molecule has 0 saturated carbocycles. The summed E-state index contributed by atoms with van der Waals surface area (Å²) in [5, 5.41) is 2.82. The number of pyridine rings is 1. The summed E-state index contributed by atoms with van der Waals surface area (Å²) in [7, 11) is 0. The molecule has 22 heavy (non-hydrogen) atoms. The summed E-state index contributed by atoms with van der Waals surface area (Å²) < 4.78 is 0.954. The first kappa shape index (κ1) is 14.7. The Morgan fingerprint density at radius 3 is 2.55 bits per heavy atom. The summed E-state index contributed by atoms with van der Waals surface area (Å²) >= 11 is 3.37. The van der Waals surface area contributed by atoms with Gasteiger partial charge >= 0.3 is 0 Å². The molecule has 1 fully saturated rings. The van der Waals surface area contributed by atoms with E-state index in [1.54, 1.807) is 29.4 Å². The van der Waals surface area contributed by atoms with Crippen LogP contribution in [-0.2, 0) is 9.59 Å². The van der Waals surface area contributed by atoms with Gasteiger partial charge < -0.3 is 10.2 Å². The van der Waals surface area contributed by atoms with E-state index in [2.05, 4.69) is 26.2 Å². The van der Waals surface area contributed by atoms with Crippen LogP contribution >= 0.6 is 15.9 Å². The maximum Gasteiger partial charge on any atom is 0.229 e. The van der Waals surface area contributed by atoms with Crippen LogP contribution in [0.4, 0.5) is 11.4 Å². The Bertz CT molecular complexity index is 688. The SMILES string of the molecule is O=C(Nc1ccncc1)[C@H]1CC(=O)N(c2ccc(Br)cc2)C1. The lowest BCUT2D eigenvalue weighted by molar-refractivity contribution is -0.122. The number of halogens is 1. The molecule has 1 saturated heterocycles. The molecule has 1 aromatic heterocycles. The Labute approximate surface area is 136 Å². The Balaban J connectivity index is 1.69. The molecule has 5 nitrogen and oxygen atoms in total. The van der Waals surface area contributed by atoms with Gasteiger partial charge in [-0.1, -0.05) is 15.9 Å². The lowest BCUT2D eigenvalue weighted by atomic mass is 10.1. The number of benzene rings is 1. The normalized spacial score (nSPS) is 17.6. The van der Waals surface area contributed by atoms with Crippen LogP contribution in [-0.4, -0.2) is 23.3 Å². The zero-order valence-corrected chi connectivity index (χ0v) is 13.3. The first-order valence-corrected chi connectivity index (χ1v) is 7.69. The molecule has 1 atom stereocenters. The molecule has 6 heteroatoms. The second-order valence-corrected chi connectivity index (χ2v) is 6.02. The highest BCUT2D eigenvalue weighted by Crippen LogP contribution is 2.27. The third-order valence-corrected chi connectivity index (χ3v) is 4.11. The van der Waals surface area contributed by atoms with Crippen LogP contribution in [0.5, 0.6) is 0 Å². The quantitative estimate of drug-likeness (QED) is 0.916. The standard InChI is InChI=1S/C16H14BrN3O2/c17-12-1-3-14(4-2-12)20-10-11(9-15(20)21)16(22)19-13-5-7-18-8-6-13/h1-8,11H,9-10H2,(H,18,19,22)/t11-/m0/s1. The third kappa shape index (κ3) is 3.17.